The number of aliphatic hydroxyl groups excluding tert-OH is 3. The molecule has 2 unspecified atom stereocenters. The molecule has 0 spiro atoms. The normalized spacial score (nSPS) is 12.4. The van der Waals surface area contributed by atoms with Gasteiger partial charge in [-0.05, 0) is 135 Å². The van der Waals surface area contributed by atoms with Crippen LogP contribution < -0.4 is 17.0 Å². The Labute approximate surface area is 402 Å². The van der Waals surface area contributed by atoms with Crippen LogP contribution in [-0.2, 0) is 19.3 Å². The molecular weight excluding hydrogens is 853 g/mol. The SMILES string of the molecule is C=CCCCC(O)c1ccc2c(c1)Cc1ccccc1-2.C=CCC[CH2-].O=Cc1ccc2c(c1)Cc1ccccc1-2.OCCCCCC(O)c1ccc2c(c1)Cc1ccccc1-2.[Br-].[Mg+2]. The molecule has 0 radical (unpaired) electrons. The quantitative estimate of drug-likeness (QED) is 0.0334. The zero-order chi connectivity index (χ0) is 43.0. The molecular formula is C57H61BrMgO4. The average Bonchev–Trinajstić information content (AvgIpc) is 3.99. The summed E-state index contributed by atoms with van der Waals surface area (Å²) in [6, 6.07) is 44.2. The fraction of sp³-hybridized carbons (Fsp3) is 0.263. The van der Waals surface area contributed by atoms with Crippen LogP contribution in [0.2, 0.25) is 0 Å². The van der Waals surface area contributed by atoms with Crippen molar-refractivity contribution in [3.63, 3.8) is 0 Å². The maximum atomic E-state index is 10.7. The number of allylic oxidation sites excluding steroid dienone is 2. The average molecular weight is 914 g/mol. The zero-order valence-electron chi connectivity index (χ0n) is 36.7. The smallest absolute Gasteiger partial charge is 1.00 e. The van der Waals surface area contributed by atoms with E-state index in [9.17, 15) is 15.0 Å². The fourth-order valence-electron chi connectivity index (χ4n) is 8.54. The van der Waals surface area contributed by atoms with Gasteiger partial charge in [-0.1, -0.05) is 153 Å². The van der Waals surface area contributed by atoms with Crippen molar-refractivity contribution in [1.29, 1.82) is 0 Å². The predicted octanol–water partition coefficient (Wildman–Crippen LogP) is 9.97. The standard InChI is InChI=1S/C19H22O2.C19H20O.C14H10O.C5H9.BrH.Mg/c20-11-5-1-2-8-19(21)15-9-10-18-16(13-15)12-14-6-3-4-7-17(14)18;1-2-3-4-9-19(20)15-10-11-18-16(13-15)12-14-7-5-6-8-17(14)18;15-9-10-5-6-14-12(7-10)8-11-3-1-2-4-13(11)14;1-3-5-4-2;;/h3-4,6-7,9-10,13,19-21H,1-2,5,8,11-12H2;2,5-8,10-11,13,19-20H,1,3-4,9,12H2;1-7,9H,8H2;3H,1-2,4-5H2;1H;/q;;;-1;;+2/p-1. The molecule has 9 rings (SSSR count). The van der Waals surface area contributed by atoms with E-state index in [1.165, 1.54) is 66.8 Å². The molecule has 0 saturated carbocycles. The summed E-state index contributed by atoms with van der Waals surface area (Å²) in [4.78, 5) is 10.7. The maximum absolute atomic E-state index is 10.7. The number of benzene rings is 6. The van der Waals surface area contributed by atoms with Crippen molar-refractivity contribution in [3.05, 3.63) is 210 Å². The molecule has 0 bridgehead atoms. The third-order valence-corrected chi connectivity index (χ3v) is 11.8. The summed E-state index contributed by atoms with van der Waals surface area (Å²) in [7, 11) is 0. The van der Waals surface area contributed by atoms with Crippen molar-refractivity contribution >= 4 is 29.3 Å². The molecule has 3 aliphatic carbocycles. The van der Waals surface area contributed by atoms with Crippen LogP contribution in [0.15, 0.2) is 153 Å². The third kappa shape index (κ3) is 13.6. The van der Waals surface area contributed by atoms with Gasteiger partial charge in [0.2, 0.25) is 0 Å². The summed E-state index contributed by atoms with van der Waals surface area (Å²) >= 11 is 0. The van der Waals surface area contributed by atoms with E-state index in [2.05, 4.69) is 129 Å². The maximum Gasteiger partial charge on any atom is 2.00 e. The van der Waals surface area contributed by atoms with Gasteiger partial charge in [0.05, 0.1) is 12.2 Å². The van der Waals surface area contributed by atoms with Crippen molar-refractivity contribution in [2.75, 3.05) is 6.61 Å². The molecule has 0 amide bonds. The van der Waals surface area contributed by atoms with Crippen molar-refractivity contribution in [3.8, 4) is 33.4 Å². The largest absolute Gasteiger partial charge is 2.00 e. The van der Waals surface area contributed by atoms with E-state index >= 15 is 0 Å². The Morgan fingerprint density at radius 3 is 1.35 bits per heavy atom. The predicted molar refractivity (Wildman–Crippen MR) is 260 cm³/mol. The first-order chi connectivity index (χ1) is 29.9. The van der Waals surface area contributed by atoms with Gasteiger partial charge in [0.25, 0.3) is 0 Å². The number of aldehydes is 1. The number of hydrogen-bond donors (Lipinski definition) is 3. The molecule has 0 heterocycles. The second-order valence-electron chi connectivity index (χ2n) is 16.1. The van der Waals surface area contributed by atoms with Crippen LogP contribution in [0, 0.1) is 6.92 Å². The van der Waals surface area contributed by atoms with Crippen LogP contribution in [0.5, 0.6) is 0 Å². The molecule has 0 saturated heterocycles. The summed E-state index contributed by atoms with van der Waals surface area (Å²) in [5.74, 6) is 0. The number of unbranched alkanes of at least 4 members (excludes halogenated alkanes) is 4. The van der Waals surface area contributed by atoms with Gasteiger partial charge in [-0.3, -0.25) is 4.79 Å². The molecule has 322 valence electrons. The number of fused-ring (bicyclic) bond motifs is 9. The second-order valence-corrected chi connectivity index (χ2v) is 16.1. The number of hydrogen-bond acceptors (Lipinski definition) is 4. The molecule has 6 aromatic rings. The van der Waals surface area contributed by atoms with Gasteiger partial charge in [0, 0.05) is 12.2 Å². The van der Waals surface area contributed by atoms with Crippen LogP contribution in [-0.4, -0.2) is 51.3 Å². The van der Waals surface area contributed by atoms with Crippen LogP contribution in [0.3, 0.4) is 0 Å². The number of halogens is 1. The summed E-state index contributed by atoms with van der Waals surface area (Å²) in [5, 5.41) is 29.3. The van der Waals surface area contributed by atoms with Crippen molar-refractivity contribution in [2.24, 2.45) is 0 Å². The number of rotatable bonds is 14. The first-order valence-corrected chi connectivity index (χ1v) is 22.0. The van der Waals surface area contributed by atoms with Gasteiger partial charge in [-0.25, -0.2) is 0 Å². The van der Waals surface area contributed by atoms with Gasteiger partial charge in [0.1, 0.15) is 6.29 Å². The van der Waals surface area contributed by atoms with Crippen LogP contribution in [0.4, 0.5) is 0 Å². The van der Waals surface area contributed by atoms with Gasteiger partial charge in [-0.15, -0.1) is 13.2 Å². The van der Waals surface area contributed by atoms with Crippen LogP contribution in [0.25, 0.3) is 33.4 Å². The van der Waals surface area contributed by atoms with E-state index in [1.807, 2.05) is 30.4 Å². The first-order valence-electron chi connectivity index (χ1n) is 22.0. The van der Waals surface area contributed by atoms with Gasteiger partial charge in [0.15, 0.2) is 0 Å². The minimum Gasteiger partial charge on any atom is -1.00 e. The van der Waals surface area contributed by atoms with E-state index in [0.29, 0.717) is 0 Å². The molecule has 6 aromatic carbocycles. The van der Waals surface area contributed by atoms with Crippen molar-refractivity contribution in [1.82, 2.24) is 0 Å². The molecule has 0 aromatic heterocycles. The molecule has 3 aliphatic rings. The van der Waals surface area contributed by atoms with E-state index in [4.69, 9.17) is 5.11 Å². The molecule has 6 heteroatoms. The van der Waals surface area contributed by atoms with E-state index in [0.717, 1.165) is 100 Å². The Morgan fingerprint density at radius 2 is 0.937 bits per heavy atom. The van der Waals surface area contributed by atoms with E-state index in [-0.39, 0.29) is 52.7 Å². The van der Waals surface area contributed by atoms with E-state index in [1.54, 1.807) is 0 Å². The minimum atomic E-state index is -0.391. The van der Waals surface area contributed by atoms with Gasteiger partial charge >= 0.3 is 23.1 Å². The zero-order valence-corrected chi connectivity index (χ0v) is 39.7. The number of carbonyl (C=O) groups is 1. The Morgan fingerprint density at radius 1 is 0.524 bits per heavy atom. The van der Waals surface area contributed by atoms with Gasteiger partial charge < -0.3 is 39.2 Å². The monoisotopic (exact) mass is 912 g/mol. The van der Waals surface area contributed by atoms with E-state index < -0.39 is 6.10 Å². The Balaban J connectivity index is 0.000000196. The second kappa shape index (κ2) is 26.4. The first kappa shape index (κ1) is 51.2. The number of carbonyl (C=O) groups excluding carboxylic acids is 1. The van der Waals surface area contributed by atoms with Gasteiger partial charge in [-0.2, -0.15) is 6.42 Å². The topological polar surface area (TPSA) is 77.8 Å². The number of aliphatic hydroxyl groups is 3. The summed E-state index contributed by atoms with van der Waals surface area (Å²) < 4.78 is 0. The fourth-order valence-corrected chi connectivity index (χ4v) is 8.54. The summed E-state index contributed by atoms with van der Waals surface area (Å²) in [5.41, 5.74) is 18.8. The molecule has 2 atom stereocenters. The Kier molecular flexibility index (Phi) is 21.5. The molecule has 63 heavy (non-hydrogen) atoms. The molecule has 4 nitrogen and oxygen atoms in total. The Bertz CT molecular complexity index is 2400. The summed E-state index contributed by atoms with van der Waals surface area (Å²) in [6.45, 7) is 11.1. The van der Waals surface area contributed by atoms with Crippen LogP contribution in [0.1, 0.15) is 125 Å². The molecule has 0 fully saturated rings. The Hall–Kier alpha value is -4.40. The minimum absolute atomic E-state index is 0. The van der Waals surface area contributed by atoms with Crippen LogP contribution >= 0.6 is 0 Å². The molecule has 0 aliphatic heterocycles. The van der Waals surface area contributed by atoms with Crippen molar-refractivity contribution in [2.45, 2.75) is 89.3 Å². The summed E-state index contributed by atoms with van der Waals surface area (Å²) in [6.07, 6.45) is 15.1. The van der Waals surface area contributed by atoms with Crippen molar-refractivity contribution < 1.29 is 37.1 Å². The molecule has 3 N–H and O–H groups in total. The third-order valence-electron chi connectivity index (χ3n) is 11.8.